The van der Waals surface area contributed by atoms with Crippen LogP contribution in [-0.2, 0) is 9.53 Å². The molecule has 4 unspecified atom stereocenters. The van der Waals surface area contributed by atoms with Crippen molar-refractivity contribution in [2.24, 2.45) is 23.2 Å². The summed E-state index contributed by atoms with van der Waals surface area (Å²) in [6, 6.07) is 0. The Morgan fingerprint density at radius 2 is 2.11 bits per heavy atom. The smallest absolute Gasteiger partial charge is 0.126 e. The van der Waals surface area contributed by atoms with E-state index >= 15 is 0 Å². The van der Waals surface area contributed by atoms with Crippen LogP contribution in [0.2, 0.25) is 0 Å². The Morgan fingerprint density at radius 3 is 2.58 bits per heavy atom. The fourth-order valence-corrected chi connectivity index (χ4v) is 3.10. The molecule has 0 radical (unpaired) electrons. The summed E-state index contributed by atoms with van der Waals surface area (Å²) >= 11 is 0. The molecule has 1 rings (SSSR count). The summed E-state index contributed by atoms with van der Waals surface area (Å²) in [5, 5.41) is 0. The molecule has 0 aliphatic heterocycles. The molecular weight excluding hydrogens is 236 g/mol. The molecule has 4 atom stereocenters. The molecule has 0 aromatic rings. The lowest BCUT2D eigenvalue weighted by molar-refractivity contribution is -0.128. The third-order valence-corrected chi connectivity index (χ3v) is 5.06. The second kappa shape index (κ2) is 6.58. The van der Waals surface area contributed by atoms with E-state index in [2.05, 4.69) is 41.2 Å². The van der Waals surface area contributed by atoms with Crippen molar-refractivity contribution in [3.63, 3.8) is 0 Å². The predicted octanol–water partition coefficient (Wildman–Crippen LogP) is 4.59. The number of hydrogen-bond donors (Lipinski definition) is 0. The Labute approximate surface area is 118 Å². The Hall–Kier alpha value is -0.790. The van der Waals surface area contributed by atoms with Gasteiger partial charge in [0.25, 0.3) is 0 Å². The maximum Gasteiger partial charge on any atom is 0.126 e. The molecule has 1 saturated carbocycles. The van der Waals surface area contributed by atoms with Gasteiger partial charge in [-0.2, -0.15) is 0 Å². The van der Waals surface area contributed by atoms with E-state index in [4.69, 9.17) is 4.74 Å². The van der Waals surface area contributed by atoms with Gasteiger partial charge in [-0.15, -0.1) is 0 Å². The van der Waals surface area contributed by atoms with Crippen LogP contribution in [0.15, 0.2) is 12.3 Å². The molecule has 110 valence electrons. The van der Waals surface area contributed by atoms with Gasteiger partial charge in [0.15, 0.2) is 0 Å². The van der Waals surface area contributed by atoms with E-state index in [-0.39, 0.29) is 11.5 Å². The third kappa shape index (κ3) is 3.61. The normalized spacial score (nSPS) is 30.7. The molecule has 0 amide bonds. The lowest BCUT2D eigenvalue weighted by Gasteiger charge is -2.45. The van der Waals surface area contributed by atoms with E-state index < -0.39 is 0 Å². The van der Waals surface area contributed by atoms with Gasteiger partial charge in [-0.1, -0.05) is 41.2 Å². The van der Waals surface area contributed by atoms with E-state index in [9.17, 15) is 4.79 Å². The first-order chi connectivity index (χ1) is 8.85. The zero-order chi connectivity index (χ0) is 14.6. The van der Waals surface area contributed by atoms with Gasteiger partial charge in [-0.25, -0.2) is 0 Å². The van der Waals surface area contributed by atoms with Crippen LogP contribution in [0, 0.1) is 23.2 Å². The second-order valence-corrected chi connectivity index (χ2v) is 6.71. The van der Waals surface area contributed by atoms with Crippen molar-refractivity contribution in [3.8, 4) is 0 Å². The van der Waals surface area contributed by atoms with E-state index in [1.165, 1.54) is 6.42 Å². The number of rotatable bonds is 6. The van der Waals surface area contributed by atoms with Crippen LogP contribution in [0.4, 0.5) is 0 Å². The number of ether oxygens (including phenoxy) is 1. The largest absolute Gasteiger partial charge is 0.495 e. The summed E-state index contributed by atoms with van der Waals surface area (Å²) in [5.41, 5.74) is -0.298. The van der Waals surface area contributed by atoms with Crippen LogP contribution in [0.1, 0.15) is 60.3 Å². The van der Waals surface area contributed by atoms with Gasteiger partial charge in [0.05, 0.1) is 5.76 Å². The molecule has 2 nitrogen and oxygen atoms in total. The Morgan fingerprint density at radius 1 is 1.47 bits per heavy atom. The lowest BCUT2D eigenvalue weighted by atomic mass is 9.62. The predicted molar refractivity (Wildman–Crippen MR) is 79.8 cm³/mol. The topological polar surface area (TPSA) is 26.3 Å². The Bertz CT molecular complexity index is 321. The van der Waals surface area contributed by atoms with Crippen molar-refractivity contribution in [3.05, 3.63) is 12.3 Å². The zero-order valence-corrected chi connectivity index (χ0v) is 13.2. The van der Waals surface area contributed by atoms with Crippen LogP contribution < -0.4 is 0 Å². The molecule has 1 fully saturated rings. The van der Waals surface area contributed by atoms with Gasteiger partial charge in [-0.3, -0.25) is 0 Å². The summed E-state index contributed by atoms with van der Waals surface area (Å²) in [6.07, 6.45) is 5.46. The summed E-state index contributed by atoms with van der Waals surface area (Å²) < 4.78 is 6.05. The van der Waals surface area contributed by atoms with Gasteiger partial charge in [0.1, 0.15) is 12.4 Å². The SMILES string of the molecule is C=C(CC)OC1CCC(C)CC1C(C)(C=O)C(C)C. The molecule has 0 N–H and O–H groups in total. The standard InChI is InChI=1S/C17H30O2/c1-7-14(5)19-16-9-8-13(4)10-15(16)17(6,11-18)12(2)3/h11-13,15-16H,5,7-10H2,1-4,6H3. The van der Waals surface area contributed by atoms with Crippen molar-refractivity contribution < 1.29 is 9.53 Å². The Kier molecular flexibility index (Phi) is 5.64. The molecule has 0 saturated heterocycles. The zero-order valence-electron chi connectivity index (χ0n) is 13.2. The van der Waals surface area contributed by atoms with Crippen molar-refractivity contribution in [1.82, 2.24) is 0 Å². The van der Waals surface area contributed by atoms with E-state index in [0.29, 0.717) is 17.8 Å². The van der Waals surface area contributed by atoms with Gasteiger partial charge < -0.3 is 9.53 Å². The minimum atomic E-state index is -0.298. The quantitative estimate of drug-likeness (QED) is 0.519. The lowest BCUT2D eigenvalue weighted by Crippen LogP contribution is -2.45. The van der Waals surface area contributed by atoms with Gasteiger partial charge in [0, 0.05) is 17.8 Å². The maximum atomic E-state index is 11.7. The maximum absolute atomic E-state index is 11.7. The summed E-state index contributed by atoms with van der Waals surface area (Å²) in [5.74, 6) is 2.16. The van der Waals surface area contributed by atoms with Crippen molar-refractivity contribution >= 4 is 6.29 Å². The molecule has 2 heteroatoms. The highest BCUT2D eigenvalue weighted by atomic mass is 16.5. The minimum Gasteiger partial charge on any atom is -0.495 e. The number of aldehydes is 1. The van der Waals surface area contributed by atoms with E-state index in [0.717, 1.165) is 31.3 Å². The molecule has 0 aromatic heterocycles. The molecule has 0 spiro atoms. The van der Waals surface area contributed by atoms with Gasteiger partial charge in [0.2, 0.25) is 0 Å². The van der Waals surface area contributed by atoms with Crippen molar-refractivity contribution in [2.75, 3.05) is 0 Å². The highest BCUT2D eigenvalue weighted by Gasteiger charge is 2.45. The monoisotopic (exact) mass is 266 g/mol. The van der Waals surface area contributed by atoms with Crippen molar-refractivity contribution in [2.45, 2.75) is 66.4 Å². The third-order valence-electron chi connectivity index (χ3n) is 5.06. The molecule has 19 heavy (non-hydrogen) atoms. The van der Waals surface area contributed by atoms with Crippen LogP contribution in [-0.4, -0.2) is 12.4 Å². The Balaban J connectivity index is 2.94. The first-order valence-corrected chi connectivity index (χ1v) is 7.65. The van der Waals surface area contributed by atoms with Gasteiger partial charge in [-0.05, 0) is 31.1 Å². The minimum absolute atomic E-state index is 0.154. The highest BCUT2D eigenvalue weighted by molar-refractivity contribution is 5.60. The average molecular weight is 266 g/mol. The first kappa shape index (κ1) is 16.3. The molecule has 0 heterocycles. The molecule has 0 aromatic carbocycles. The molecule has 1 aliphatic carbocycles. The number of allylic oxidation sites excluding steroid dienone is 1. The van der Waals surface area contributed by atoms with Crippen LogP contribution in [0.5, 0.6) is 0 Å². The van der Waals surface area contributed by atoms with E-state index in [1.54, 1.807) is 0 Å². The second-order valence-electron chi connectivity index (χ2n) is 6.71. The number of hydrogen-bond acceptors (Lipinski definition) is 2. The molecule has 1 aliphatic rings. The molecular formula is C17H30O2. The van der Waals surface area contributed by atoms with E-state index in [1.807, 2.05) is 0 Å². The number of carbonyl (C=O) groups is 1. The van der Waals surface area contributed by atoms with Crippen LogP contribution in [0.25, 0.3) is 0 Å². The number of carbonyl (C=O) groups excluding carboxylic acids is 1. The molecule has 0 bridgehead atoms. The summed E-state index contributed by atoms with van der Waals surface area (Å²) in [7, 11) is 0. The fraction of sp³-hybridized carbons (Fsp3) is 0.824. The van der Waals surface area contributed by atoms with Crippen molar-refractivity contribution in [1.29, 1.82) is 0 Å². The first-order valence-electron chi connectivity index (χ1n) is 7.65. The summed E-state index contributed by atoms with van der Waals surface area (Å²) in [6.45, 7) is 14.7. The van der Waals surface area contributed by atoms with Crippen LogP contribution >= 0.6 is 0 Å². The average Bonchev–Trinajstić information content (AvgIpc) is 2.39. The fourth-order valence-electron chi connectivity index (χ4n) is 3.10. The van der Waals surface area contributed by atoms with Crippen LogP contribution in [0.3, 0.4) is 0 Å². The van der Waals surface area contributed by atoms with Gasteiger partial charge >= 0.3 is 0 Å². The highest BCUT2D eigenvalue weighted by Crippen LogP contribution is 2.45. The summed E-state index contributed by atoms with van der Waals surface area (Å²) in [4.78, 5) is 11.7.